The van der Waals surface area contributed by atoms with Crippen LogP contribution in [-0.4, -0.2) is 39.7 Å². The Kier molecular flexibility index (Phi) is 7.32. The van der Waals surface area contributed by atoms with Gasteiger partial charge in [0.05, 0.1) is 39.8 Å². The first-order valence-electron chi connectivity index (χ1n) is 10.7. The molecule has 1 aliphatic heterocycles. The van der Waals surface area contributed by atoms with Crippen LogP contribution in [0, 0.1) is 0 Å². The predicted octanol–water partition coefficient (Wildman–Crippen LogP) is 4.19. The topological polar surface area (TPSA) is 90.2 Å². The summed E-state index contributed by atoms with van der Waals surface area (Å²) in [4.78, 5) is 28.5. The molecule has 0 aliphatic carbocycles. The van der Waals surface area contributed by atoms with Gasteiger partial charge in [0, 0.05) is 16.6 Å². The zero-order valence-electron chi connectivity index (χ0n) is 19.2. The Morgan fingerprint density at radius 2 is 1.82 bits per heavy atom. The Bertz CT molecular complexity index is 1140. The average Bonchev–Trinajstić information content (AvgIpc) is 3.34. The van der Waals surface area contributed by atoms with E-state index in [1.54, 1.807) is 51.5 Å². The molecule has 0 unspecified atom stereocenters. The van der Waals surface area contributed by atoms with Crippen LogP contribution in [0.3, 0.4) is 0 Å². The number of ether oxygens (including phenoxy) is 3. The molecule has 3 aromatic rings. The monoisotopic (exact) mass is 482 g/mol. The second-order valence-corrected chi connectivity index (χ2v) is 8.82. The zero-order valence-corrected chi connectivity index (χ0v) is 20.0. The van der Waals surface area contributed by atoms with Crippen LogP contribution in [0.1, 0.15) is 23.0 Å². The SMILES string of the molecule is COc1cc([C@@H]2CC(=O)N(CC(=O)NCc3ccco3)c3ccccc3S2)cc(OC)c1OC. The molecular formula is C25H26N2O6S. The molecule has 1 aliphatic rings. The van der Waals surface area contributed by atoms with Crippen molar-refractivity contribution < 1.29 is 28.2 Å². The summed E-state index contributed by atoms with van der Waals surface area (Å²) in [6.45, 7) is 0.178. The highest BCUT2D eigenvalue weighted by atomic mass is 32.2. The average molecular weight is 483 g/mol. The third kappa shape index (κ3) is 4.99. The van der Waals surface area contributed by atoms with Crippen molar-refractivity contribution in [2.75, 3.05) is 32.8 Å². The van der Waals surface area contributed by atoms with E-state index in [0.717, 1.165) is 10.5 Å². The largest absolute Gasteiger partial charge is 0.493 e. The number of methoxy groups -OCH3 is 3. The molecular weight excluding hydrogens is 456 g/mol. The van der Waals surface area contributed by atoms with Crippen molar-refractivity contribution in [3.05, 3.63) is 66.1 Å². The van der Waals surface area contributed by atoms with Gasteiger partial charge in [-0.1, -0.05) is 12.1 Å². The fourth-order valence-corrected chi connectivity index (χ4v) is 5.08. The summed E-state index contributed by atoms with van der Waals surface area (Å²) in [6.07, 6.45) is 1.75. The van der Waals surface area contributed by atoms with Gasteiger partial charge in [-0.15, -0.1) is 11.8 Å². The third-order valence-electron chi connectivity index (χ3n) is 5.49. The number of amides is 2. The lowest BCUT2D eigenvalue weighted by molar-refractivity contribution is -0.124. The molecule has 1 atom stereocenters. The van der Waals surface area contributed by atoms with Crippen molar-refractivity contribution >= 4 is 29.3 Å². The molecule has 8 nitrogen and oxygen atoms in total. The summed E-state index contributed by atoms with van der Waals surface area (Å²) in [6, 6.07) is 14.9. The van der Waals surface area contributed by atoms with Crippen LogP contribution in [0.2, 0.25) is 0 Å². The van der Waals surface area contributed by atoms with Crippen molar-refractivity contribution in [2.45, 2.75) is 23.1 Å². The lowest BCUT2D eigenvalue weighted by atomic mass is 10.1. The van der Waals surface area contributed by atoms with Crippen LogP contribution in [0.4, 0.5) is 5.69 Å². The number of carbonyl (C=O) groups excluding carboxylic acids is 2. The molecule has 4 rings (SSSR count). The van der Waals surface area contributed by atoms with Gasteiger partial charge in [-0.25, -0.2) is 0 Å². The molecule has 0 radical (unpaired) electrons. The summed E-state index contributed by atoms with van der Waals surface area (Å²) in [5.74, 6) is 1.77. The molecule has 1 aromatic heterocycles. The molecule has 1 N–H and O–H groups in total. The van der Waals surface area contributed by atoms with Gasteiger partial charge >= 0.3 is 0 Å². The van der Waals surface area contributed by atoms with E-state index < -0.39 is 0 Å². The molecule has 0 saturated heterocycles. The van der Waals surface area contributed by atoms with Crippen LogP contribution in [0.5, 0.6) is 17.2 Å². The summed E-state index contributed by atoms with van der Waals surface area (Å²) < 4.78 is 21.7. The Balaban J connectivity index is 1.60. The van der Waals surface area contributed by atoms with Crippen LogP contribution in [0.25, 0.3) is 0 Å². The van der Waals surface area contributed by atoms with Gasteiger partial charge < -0.3 is 28.8 Å². The highest BCUT2D eigenvalue weighted by molar-refractivity contribution is 7.99. The minimum Gasteiger partial charge on any atom is -0.493 e. The maximum atomic E-state index is 13.4. The van der Waals surface area contributed by atoms with Crippen LogP contribution in [0.15, 0.2) is 64.1 Å². The van der Waals surface area contributed by atoms with E-state index in [4.69, 9.17) is 18.6 Å². The van der Waals surface area contributed by atoms with E-state index in [2.05, 4.69) is 5.32 Å². The lowest BCUT2D eigenvalue weighted by Crippen LogP contribution is -2.40. The summed E-state index contributed by atoms with van der Waals surface area (Å²) in [5, 5.41) is 2.60. The number of fused-ring (bicyclic) bond motifs is 1. The number of nitrogens with zero attached hydrogens (tertiary/aromatic N) is 1. The van der Waals surface area contributed by atoms with Crippen molar-refractivity contribution in [2.24, 2.45) is 0 Å². The summed E-state index contributed by atoms with van der Waals surface area (Å²) in [7, 11) is 4.67. The van der Waals surface area contributed by atoms with E-state index in [0.29, 0.717) is 28.7 Å². The first kappa shape index (κ1) is 23.6. The third-order valence-corrected chi connectivity index (χ3v) is 6.81. The first-order chi connectivity index (χ1) is 16.5. The lowest BCUT2D eigenvalue weighted by Gasteiger charge is -2.22. The zero-order chi connectivity index (χ0) is 24.1. The Hall–Kier alpha value is -3.59. The fraction of sp³-hybridized carbons (Fsp3) is 0.280. The number of furan rings is 1. The molecule has 2 heterocycles. The summed E-state index contributed by atoms with van der Waals surface area (Å²) >= 11 is 1.57. The maximum absolute atomic E-state index is 13.4. The van der Waals surface area contributed by atoms with Crippen LogP contribution < -0.4 is 24.4 Å². The molecule has 9 heteroatoms. The molecule has 34 heavy (non-hydrogen) atoms. The van der Waals surface area contributed by atoms with E-state index >= 15 is 0 Å². The number of anilines is 1. The highest BCUT2D eigenvalue weighted by Gasteiger charge is 2.31. The smallest absolute Gasteiger partial charge is 0.240 e. The number of carbonyl (C=O) groups is 2. The van der Waals surface area contributed by atoms with Gasteiger partial charge in [-0.3, -0.25) is 9.59 Å². The number of hydrogen-bond acceptors (Lipinski definition) is 7. The Labute approximate surface area is 202 Å². The fourth-order valence-electron chi connectivity index (χ4n) is 3.82. The van der Waals surface area contributed by atoms with Crippen molar-refractivity contribution in [1.82, 2.24) is 5.32 Å². The number of hydrogen-bond donors (Lipinski definition) is 1. The molecule has 0 fully saturated rings. The second kappa shape index (κ2) is 10.6. The van der Waals surface area contributed by atoms with Gasteiger partial charge in [0.1, 0.15) is 12.3 Å². The van der Waals surface area contributed by atoms with Crippen LogP contribution >= 0.6 is 11.8 Å². The van der Waals surface area contributed by atoms with Gasteiger partial charge in [-0.2, -0.15) is 0 Å². The van der Waals surface area contributed by atoms with E-state index in [-0.39, 0.29) is 36.6 Å². The molecule has 2 aromatic carbocycles. The van der Waals surface area contributed by atoms with Gasteiger partial charge in [0.25, 0.3) is 0 Å². The molecule has 2 amide bonds. The highest BCUT2D eigenvalue weighted by Crippen LogP contribution is 2.48. The minimum atomic E-state index is -0.268. The van der Waals surface area contributed by atoms with Gasteiger partial charge in [0.15, 0.2) is 11.5 Å². The quantitative estimate of drug-likeness (QED) is 0.515. The first-order valence-corrected chi connectivity index (χ1v) is 11.6. The maximum Gasteiger partial charge on any atom is 0.240 e. The van der Waals surface area contributed by atoms with Gasteiger partial charge in [0.2, 0.25) is 17.6 Å². The standard InChI is InChI=1S/C25H26N2O6S/c1-30-19-11-16(12-20(31-2)25(19)32-3)22-13-24(29)27(18-8-4-5-9-21(18)34-22)15-23(28)26-14-17-7-6-10-33-17/h4-12,22H,13-15H2,1-3H3,(H,26,28)/t22-/m0/s1. The molecule has 0 spiro atoms. The number of thioether (sulfide) groups is 1. The molecule has 178 valence electrons. The molecule has 0 saturated carbocycles. The van der Waals surface area contributed by atoms with Gasteiger partial charge in [-0.05, 0) is 42.0 Å². The minimum absolute atomic E-state index is 0.0842. The Morgan fingerprint density at radius 3 is 2.47 bits per heavy atom. The van der Waals surface area contributed by atoms with Crippen molar-refractivity contribution in [3.63, 3.8) is 0 Å². The number of nitrogens with one attached hydrogen (secondary N) is 1. The number of para-hydroxylation sites is 1. The normalized spacial score (nSPS) is 15.3. The van der Waals surface area contributed by atoms with E-state index in [1.165, 1.54) is 4.90 Å². The van der Waals surface area contributed by atoms with E-state index in [9.17, 15) is 9.59 Å². The number of rotatable bonds is 8. The summed E-state index contributed by atoms with van der Waals surface area (Å²) in [5.41, 5.74) is 1.58. The van der Waals surface area contributed by atoms with Crippen LogP contribution in [-0.2, 0) is 16.1 Å². The van der Waals surface area contributed by atoms with E-state index in [1.807, 2.05) is 36.4 Å². The Morgan fingerprint density at radius 1 is 1.09 bits per heavy atom. The predicted molar refractivity (Wildman–Crippen MR) is 129 cm³/mol. The van der Waals surface area contributed by atoms with Crippen molar-refractivity contribution in [1.29, 1.82) is 0 Å². The molecule has 0 bridgehead atoms. The second-order valence-electron chi connectivity index (χ2n) is 7.57. The number of benzene rings is 2. The van der Waals surface area contributed by atoms with Crippen molar-refractivity contribution in [3.8, 4) is 17.2 Å².